The maximum absolute atomic E-state index is 9.35. The Hall–Kier alpha value is -6.77. The van der Waals surface area contributed by atoms with E-state index < -0.39 is 78.6 Å². The van der Waals surface area contributed by atoms with E-state index in [1.165, 1.54) is 12.1 Å². The first-order valence-electron chi connectivity index (χ1n) is 22.9. The Balaban J connectivity index is 1.24. The van der Waals surface area contributed by atoms with E-state index in [-0.39, 0.29) is 43.8 Å². The van der Waals surface area contributed by atoms with Gasteiger partial charge in [0.2, 0.25) is 0 Å². The Morgan fingerprint density at radius 1 is 0.412 bits per heavy atom. The first-order chi connectivity index (χ1) is 30.7. The summed E-state index contributed by atoms with van der Waals surface area (Å²) in [6.45, 7) is 0. The number of aromatic nitrogens is 2. The van der Waals surface area contributed by atoms with Crippen molar-refractivity contribution in [3.05, 3.63) is 194 Å². The first-order valence-corrected chi connectivity index (χ1v) is 16.4. The number of hydrogen-bond donors (Lipinski definition) is 0. The number of nitrogens with zero attached hydrogens (tertiary/aromatic N) is 2. The highest BCUT2D eigenvalue weighted by Gasteiger charge is 2.18. The second kappa shape index (κ2) is 12.0. The van der Waals surface area contributed by atoms with Gasteiger partial charge in [0, 0.05) is 11.3 Å². The molecule has 0 radical (unpaired) electrons. The third kappa shape index (κ3) is 4.92. The van der Waals surface area contributed by atoms with Gasteiger partial charge in [-0.1, -0.05) is 170 Å². The van der Waals surface area contributed by atoms with E-state index in [2.05, 4.69) is 28.8 Å². The number of hydrogen-bond acceptors (Lipinski definition) is 1. The Labute approximate surface area is 314 Å². The summed E-state index contributed by atoms with van der Waals surface area (Å²) in [5, 5.41) is 2.29. The van der Waals surface area contributed by atoms with Gasteiger partial charge in [-0.25, -0.2) is 4.98 Å². The van der Waals surface area contributed by atoms with Crippen LogP contribution in [0.2, 0.25) is 0 Å². The van der Waals surface area contributed by atoms with Crippen molar-refractivity contribution in [3.8, 4) is 50.5 Å². The molecule has 1 aromatic heterocycles. The normalized spacial score (nSPS) is 15.1. The predicted octanol–water partition coefficient (Wildman–Crippen LogP) is 13.2. The van der Waals surface area contributed by atoms with Gasteiger partial charge in [-0.3, -0.25) is 4.57 Å². The molecule has 2 nitrogen and oxygen atoms in total. The van der Waals surface area contributed by atoms with Gasteiger partial charge < -0.3 is 0 Å². The minimum absolute atomic E-state index is 0.0243. The molecule has 0 spiro atoms. The molecule has 0 aliphatic rings. The van der Waals surface area contributed by atoms with Gasteiger partial charge >= 0.3 is 0 Å². The Morgan fingerprint density at radius 2 is 0.922 bits per heavy atom. The Morgan fingerprint density at radius 3 is 1.55 bits per heavy atom. The van der Waals surface area contributed by atoms with Crippen molar-refractivity contribution in [2.24, 2.45) is 0 Å². The highest BCUT2D eigenvalue weighted by molar-refractivity contribution is 6.21. The highest BCUT2D eigenvalue weighted by Crippen LogP contribution is 2.44. The fraction of sp³-hybridized carbons (Fsp3) is 0. The summed E-state index contributed by atoms with van der Waals surface area (Å²) in [5.41, 5.74) is 4.59. The first kappa shape index (κ1) is 18.8. The van der Waals surface area contributed by atoms with Crippen LogP contribution in [-0.2, 0) is 0 Å². The van der Waals surface area contributed by atoms with Crippen molar-refractivity contribution in [2.45, 2.75) is 0 Å². The molecular weight excluding hydrogens is 617 g/mol. The van der Waals surface area contributed by atoms with Crippen LogP contribution in [0, 0.1) is 0 Å². The lowest BCUT2D eigenvalue weighted by molar-refractivity contribution is 1.11. The molecule has 238 valence electrons. The zero-order valence-electron chi connectivity index (χ0n) is 39.9. The smallest absolute Gasteiger partial charge is 0.145 e. The van der Waals surface area contributed by atoms with Crippen LogP contribution in [-0.4, -0.2) is 9.55 Å². The molecular formula is C49H32N2. The molecule has 0 bridgehead atoms. The molecule has 0 unspecified atom stereocenters. The minimum atomic E-state index is -0.538. The number of fused-ring (bicyclic) bond motifs is 4. The van der Waals surface area contributed by atoms with Gasteiger partial charge in [0.1, 0.15) is 5.82 Å². The van der Waals surface area contributed by atoms with Crippen LogP contribution in [0.1, 0.15) is 17.8 Å². The molecule has 0 aliphatic carbocycles. The molecule has 51 heavy (non-hydrogen) atoms. The largest absolute Gasteiger partial charge is 0.292 e. The van der Waals surface area contributed by atoms with Gasteiger partial charge in [0.25, 0.3) is 0 Å². The van der Waals surface area contributed by atoms with Crippen molar-refractivity contribution in [3.63, 3.8) is 0 Å². The van der Waals surface area contributed by atoms with Crippen molar-refractivity contribution in [1.29, 1.82) is 0 Å². The Bertz CT molecular complexity index is 3530. The highest BCUT2D eigenvalue weighted by atomic mass is 15.1. The summed E-state index contributed by atoms with van der Waals surface area (Å²) in [5.74, 6) is 0.643. The zero-order chi connectivity index (χ0) is 45.0. The lowest BCUT2D eigenvalue weighted by Gasteiger charge is -2.18. The van der Waals surface area contributed by atoms with E-state index >= 15 is 0 Å². The van der Waals surface area contributed by atoms with E-state index in [1.54, 1.807) is 24.3 Å². The fourth-order valence-corrected chi connectivity index (χ4v) is 6.98. The van der Waals surface area contributed by atoms with E-state index in [4.69, 9.17) is 17.3 Å². The maximum Gasteiger partial charge on any atom is 0.145 e. The lowest BCUT2D eigenvalue weighted by atomic mass is 9.85. The number of para-hydroxylation sites is 2. The molecule has 0 aliphatic heterocycles. The summed E-state index contributed by atoms with van der Waals surface area (Å²) in [6, 6.07) is 29.4. The van der Waals surface area contributed by atoms with Crippen molar-refractivity contribution in [2.75, 3.05) is 0 Å². The number of rotatable bonds is 5. The van der Waals surface area contributed by atoms with Crippen LogP contribution in [0.15, 0.2) is 194 Å². The van der Waals surface area contributed by atoms with Gasteiger partial charge in [-0.05, 0) is 90.0 Å². The summed E-state index contributed by atoms with van der Waals surface area (Å²) in [4.78, 5) is 5.04. The SMILES string of the molecule is [2H]c1c([2H])c([2H])c(-c2ccc(-c3c4c([2H])c([2H])c([2H])c([2H])c4c(-c4ccc(-c5nc6ccccc6n5-c5ccc6ccccc6c5)cc4)c4c([2H])c([2H])c([2H])c([2H])c34)cc2)c([2H])c1[2H]. The molecule has 9 aromatic carbocycles. The number of benzene rings is 9. The Kier molecular flexibility index (Phi) is 4.43. The zero-order valence-corrected chi connectivity index (χ0v) is 26.9. The third-order valence-corrected chi connectivity index (χ3v) is 9.32. The van der Waals surface area contributed by atoms with Gasteiger partial charge in [0.15, 0.2) is 0 Å². The molecule has 10 aromatic rings. The summed E-state index contributed by atoms with van der Waals surface area (Å²) in [6.07, 6.45) is 0. The fourth-order valence-electron chi connectivity index (χ4n) is 6.98. The van der Waals surface area contributed by atoms with Crippen LogP contribution in [0.5, 0.6) is 0 Å². The lowest BCUT2D eigenvalue weighted by Crippen LogP contribution is -1.98. The number of imidazole rings is 1. The van der Waals surface area contributed by atoms with Crippen LogP contribution in [0.4, 0.5) is 0 Å². The second-order valence-corrected chi connectivity index (χ2v) is 12.2. The average Bonchev–Trinajstić information content (AvgIpc) is 3.71. The molecule has 0 saturated heterocycles. The summed E-state index contributed by atoms with van der Waals surface area (Å²) < 4.78 is 116. The molecule has 2 heteroatoms. The van der Waals surface area contributed by atoms with Crippen molar-refractivity contribution < 1.29 is 17.8 Å². The standard InChI is InChI=1S/C49H32N2/c1-2-12-33(13-3-1)35-22-24-36(25-23-35)47-41-16-6-8-18-43(41)48(44-19-9-7-17-42(44)47)37-26-28-38(29-27-37)49-50-45-20-10-11-21-46(45)51(49)40-31-30-34-14-4-5-15-39(34)32-40/h1-32H/i1D,2D,3D,6D,7D,8D,9D,12D,13D,16D,17D,18D,19D. The van der Waals surface area contributed by atoms with E-state index in [9.17, 15) is 5.48 Å². The van der Waals surface area contributed by atoms with Crippen LogP contribution in [0.25, 0.3) is 93.8 Å². The van der Waals surface area contributed by atoms with E-state index in [0.29, 0.717) is 17.0 Å². The molecule has 10 rings (SSSR count). The molecule has 0 N–H and O–H groups in total. The second-order valence-electron chi connectivity index (χ2n) is 12.2. The van der Waals surface area contributed by atoms with Gasteiger partial charge in [-0.15, -0.1) is 0 Å². The quantitative estimate of drug-likeness (QED) is 0.168. The van der Waals surface area contributed by atoms with Crippen LogP contribution in [0.3, 0.4) is 0 Å². The topological polar surface area (TPSA) is 17.8 Å². The van der Waals surface area contributed by atoms with Crippen molar-refractivity contribution >= 4 is 43.4 Å². The van der Waals surface area contributed by atoms with Crippen molar-refractivity contribution in [1.82, 2.24) is 9.55 Å². The molecule has 0 fully saturated rings. The van der Waals surface area contributed by atoms with Crippen LogP contribution >= 0.6 is 0 Å². The maximum atomic E-state index is 9.35. The van der Waals surface area contributed by atoms with E-state index in [0.717, 1.165) is 33.1 Å². The molecule has 0 saturated carbocycles. The van der Waals surface area contributed by atoms with E-state index in [1.807, 2.05) is 54.6 Å². The average molecular weight is 662 g/mol. The van der Waals surface area contributed by atoms with Crippen LogP contribution < -0.4 is 0 Å². The molecule has 0 atom stereocenters. The van der Waals surface area contributed by atoms with Gasteiger partial charge in [0.05, 0.1) is 28.9 Å². The van der Waals surface area contributed by atoms with Gasteiger partial charge in [-0.2, -0.15) is 0 Å². The third-order valence-electron chi connectivity index (χ3n) is 9.32. The molecule has 0 amide bonds. The minimum Gasteiger partial charge on any atom is -0.292 e. The summed E-state index contributed by atoms with van der Waals surface area (Å²) in [7, 11) is 0. The molecule has 1 heterocycles. The predicted molar refractivity (Wildman–Crippen MR) is 215 cm³/mol. The summed E-state index contributed by atoms with van der Waals surface area (Å²) >= 11 is 0. The monoisotopic (exact) mass is 661 g/mol.